The van der Waals surface area contributed by atoms with Crippen LogP contribution >= 0.6 is 0 Å². The molecule has 0 fully saturated rings. The summed E-state index contributed by atoms with van der Waals surface area (Å²) >= 11 is 0. The lowest BCUT2D eigenvalue weighted by molar-refractivity contribution is 0.272. The molecule has 0 saturated carbocycles. The number of nitrogens with zero attached hydrogens (tertiary/aromatic N) is 3. The number of nitrogen functional groups attached to an aromatic ring is 1. The Kier molecular flexibility index (Phi) is 4.05. The number of fused-ring (bicyclic) bond motifs is 1. The second-order valence-electron chi connectivity index (χ2n) is 6.65. The predicted octanol–water partition coefficient (Wildman–Crippen LogP) is 3.14. The van der Waals surface area contributed by atoms with Crippen LogP contribution in [0.5, 0.6) is 5.75 Å². The lowest BCUT2D eigenvalue weighted by Crippen LogP contribution is -2.18. The highest BCUT2D eigenvalue weighted by atomic mass is 16.5. The smallest absolute Gasteiger partial charge is 0.164 e. The number of rotatable bonds is 4. The molecule has 3 rings (SSSR count). The fraction of sp³-hybridized carbons (Fsp3) is 0.529. The molecule has 0 spiro atoms. The van der Waals surface area contributed by atoms with Gasteiger partial charge in [-0.15, -0.1) is 10.2 Å². The first-order valence-corrected chi connectivity index (χ1v) is 7.99. The average molecular weight is 300 g/mol. The highest BCUT2D eigenvalue weighted by Gasteiger charge is 2.21. The van der Waals surface area contributed by atoms with Crippen LogP contribution in [0.2, 0.25) is 0 Å². The van der Waals surface area contributed by atoms with Gasteiger partial charge >= 0.3 is 0 Å². The monoisotopic (exact) mass is 300 g/mol. The summed E-state index contributed by atoms with van der Waals surface area (Å²) in [5, 5.41) is 8.70. The third-order valence-electron chi connectivity index (χ3n) is 4.04. The first kappa shape index (κ1) is 14.9. The second kappa shape index (κ2) is 5.99. The standard InChI is InChI=1S/C17H24N4O/c1-11(2)10-22-15-5-4-13(9-14(15)18)17-20-19-16-8-12(3)6-7-21(16)17/h4-5,9,11-12H,6-8,10,18H2,1-3H3. The fourth-order valence-electron chi connectivity index (χ4n) is 2.77. The molecule has 0 amide bonds. The van der Waals surface area contributed by atoms with Crippen LogP contribution in [-0.2, 0) is 13.0 Å². The van der Waals surface area contributed by atoms with E-state index in [2.05, 4.69) is 35.5 Å². The molecule has 2 heterocycles. The minimum absolute atomic E-state index is 0.476. The lowest BCUT2D eigenvalue weighted by Gasteiger charge is -2.20. The van der Waals surface area contributed by atoms with Gasteiger partial charge in [0.25, 0.3) is 0 Å². The van der Waals surface area contributed by atoms with Crippen molar-refractivity contribution in [3.63, 3.8) is 0 Å². The zero-order valence-corrected chi connectivity index (χ0v) is 13.5. The number of hydrogen-bond donors (Lipinski definition) is 1. The zero-order chi connectivity index (χ0) is 15.7. The van der Waals surface area contributed by atoms with Gasteiger partial charge in [-0.05, 0) is 36.5 Å². The van der Waals surface area contributed by atoms with Gasteiger partial charge in [-0.25, -0.2) is 0 Å². The Balaban J connectivity index is 1.86. The van der Waals surface area contributed by atoms with E-state index >= 15 is 0 Å². The van der Waals surface area contributed by atoms with Crippen molar-refractivity contribution in [2.24, 2.45) is 11.8 Å². The molecule has 0 aliphatic carbocycles. The van der Waals surface area contributed by atoms with Gasteiger partial charge in [-0.3, -0.25) is 0 Å². The maximum Gasteiger partial charge on any atom is 0.164 e. The first-order chi connectivity index (χ1) is 10.5. The van der Waals surface area contributed by atoms with Crippen LogP contribution in [0, 0.1) is 11.8 Å². The summed E-state index contributed by atoms with van der Waals surface area (Å²) in [5.74, 6) is 3.88. The van der Waals surface area contributed by atoms with E-state index in [1.165, 1.54) is 6.42 Å². The fourth-order valence-corrected chi connectivity index (χ4v) is 2.77. The van der Waals surface area contributed by atoms with Crippen LogP contribution in [-0.4, -0.2) is 21.4 Å². The van der Waals surface area contributed by atoms with Gasteiger partial charge < -0.3 is 15.0 Å². The van der Waals surface area contributed by atoms with Crippen LogP contribution in [0.1, 0.15) is 33.0 Å². The predicted molar refractivity (Wildman–Crippen MR) is 87.7 cm³/mol. The average Bonchev–Trinajstić information content (AvgIpc) is 2.88. The molecule has 22 heavy (non-hydrogen) atoms. The van der Waals surface area contributed by atoms with E-state index in [9.17, 15) is 0 Å². The summed E-state index contributed by atoms with van der Waals surface area (Å²) in [5.41, 5.74) is 7.78. The highest BCUT2D eigenvalue weighted by molar-refractivity contribution is 5.66. The topological polar surface area (TPSA) is 66.0 Å². The van der Waals surface area contributed by atoms with Crippen LogP contribution in [0.15, 0.2) is 18.2 Å². The van der Waals surface area contributed by atoms with Gasteiger partial charge in [0.2, 0.25) is 0 Å². The zero-order valence-electron chi connectivity index (χ0n) is 13.5. The molecule has 1 aliphatic heterocycles. The van der Waals surface area contributed by atoms with Gasteiger partial charge in [0, 0.05) is 18.5 Å². The van der Waals surface area contributed by atoms with Crippen molar-refractivity contribution >= 4 is 5.69 Å². The molecule has 1 atom stereocenters. The molecule has 5 heteroatoms. The van der Waals surface area contributed by atoms with Crippen molar-refractivity contribution in [1.82, 2.24) is 14.8 Å². The molecular weight excluding hydrogens is 276 g/mol. The first-order valence-electron chi connectivity index (χ1n) is 7.99. The van der Waals surface area contributed by atoms with Crippen molar-refractivity contribution < 1.29 is 4.74 Å². The largest absolute Gasteiger partial charge is 0.491 e. The van der Waals surface area contributed by atoms with E-state index < -0.39 is 0 Å². The van der Waals surface area contributed by atoms with Gasteiger partial charge in [0.1, 0.15) is 11.6 Å². The van der Waals surface area contributed by atoms with Crippen molar-refractivity contribution in [2.45, 2.75) is 40.2 Å². The molecule has 1 aromatic carbocycles. The number of aromatic nitrogens is 3. The second-order valence-corrected chi connectivity index (χ2v) is 6.65. The van der Waals surface area contributed by atoms with Gasteiger partial charge in [0.15, 0.2) is 5.82 Å². The van der Waals surface area contributed by atoms with E-state index in [-0.39, 0.29) is 0 Å². The van der Waals surface area contributed by atoms with Crippen LogP contribution in [0.25, 0.3) is 11.4 Å². The quantitative estimate of drug-likeness (QED) is 0.881. The summed E-state index contributed by atoms with van der Waals surface area (Å²) in [6.45, 7) is 8.14. The van der Waals surface area contributed by atoms with Gasteiger partial charge in [-0.2, -0.15) is 0 Å². The normalized spacial score (nSPS) is 17.5. The maximum atomic E-state index is 6.13. The molecule has 118 valence electrons. The minimum atomic E-state index is 0.476. The van der Waals surface area contributed by atoms with E-state index in [0.717, 1.165) is 35.9 Å². The summed E-state index contributed by atoms with van der Waals surface area (Å²) in [6.07, 6.45) is 2.17. The van der Waals surface area contributed by atoms with Gasteiger partial charge in [0.05, 0.1) is 12.3 Å². The van der Waals surface area contributed by atoms with Gasteiger partial charge in [-0.1, -0.05) is 20.8 Å². The summed E-state index contributed by atoms with van der Waals surface area (Å²) in [6, 6.07) is 5.88. The lowest BCUT2D eigenvalue weighted by atomic mass is 10.00. The molecule has 1 aliphatic rings. The number of anilines is 1. The van der Waals surface area contributed by atoms with E-state index in [1.807, 2.05) is 18.2 Å². The van der Waals surface area contributed by atoms with Crippen molar-refractivity contribution in [1.29, 1.82) is 0 Å². The molecule has 2 aromatic rings. The van der Waals surface area contributed by atoms with Crippen LogP contribution in [0.3, 0.4) is 0 Å². The Morgan fingerprint density at radius 2 is 2.18 bits per heavy atom. The molecule has 2 N–H and O–H groups in total. The number of hydrogen-bond acceptors (Lipinski definition) is 4. The number of ether oxygens (including phenoxy) is 1. The summed E-state index contributed by atoms with van der Waals surface area (Å²) in [7, 11) is 0. The van der Waals surface area contributed by atoms with Crippen LogP contribution in [0.4, 0.5) is 5.69 Å². The molecule has 5 nitrogen and oxygen atoms in total. The molecule has 0 radical (unpaired) electrons. The molecule has 1 aromatic heterocycles. The van der Waals surface area contributed by atoms with E-state index in [4.69, 9.17) is 10.5 Å². The van der Waals surface area contributed by atoms with E-state index in [0.29, 0.717) is 24.1 Å². The third-order valence-corrected chi connectivity index (χ3v) is 4.04. The van der Waals surface area contributed by atoms with Crippen LogP contribution < -0.4 is 10.5 Å². The Morgan fingerprint density at radius 1 is 1.36 bits per heavy atom. The summed E-state index contributed by atoms with van der Waals surface area (Å²) in [4.78, 5) is 0. The Labute approximate surface area is 131 Å². The Hall–Kier alpha value is -2.04. The molecule has 1 unspecified atom stereocenters. The Bertz CT molecular complexity index is 663. The van der Waals surface area contributed by atoms with E-state index in [1.54, 1.807) is 0 Å². The third kappa shape index (κ3) is 2.93. The number of nitrogens with two attached hydrogens (primary N) is 1. The van der Waals surface area contributed by atoms with Crippen molar-refractivity contribution in [3.05, 3.63) is 24.0 Å². The van der Waals surface area contributed by atoms with Crippen molar-refractivity contribution in [2.75, 3.05) is 12.3 Å². The molecule has 0 saturated heterocycles. The number of benzene rings is 1. The highest BCUT2D eigenvalue weighted by Crippen LogP contribution is 2.30. The minimum Gasteiger partial charge on any atom is -0.491 e. The molecule has 0 bridgehead atoms. The maximum absolute atomic E-state index is 6.13. The Morgan fingerprint density at radius 3 is 2.91 bits per heavy atom. The molecular formula is C17H24N4O. The van der Waals surface area contributed by atoms with Crippen molar-refractivity contribution in [3.8, 4) is 17.1 Å². The SMILES string of the molecule is CC(C)COc1ccc(-c2nnc3n2CCC(C)C3)cc1N. The summed E-state index contributed by atoms with van der Waals surface area (Å²) < 4.78 is 7.94.